The number of nitrogens with one attached hydrogen (secondary N) is 1. The lowest BCUT2D eigenvalue weighted by Gasteiger charge is -2.20. The van der Waals surface area contributed by atoms with Gasteiger partial charge in [-0.2, -0.15) is 0 Å². The molecule has 2 aromatic rings. The van der Waals surface area contributed by atoms with Gasteiger partial charge in [0.25, 0.3) is 0 Å². The number of fused-ring (bicyclic) bond motifs is 1. The molecule has 3 heteroatoms. The van der Waals surface area contributed by atoms with Crippen LogP contribution in [0.15, 0.2) is 42.5 Å². The van der Waals surface area contributed by atoms with E-state index >= 15 is 0 Å². The fourth-order valence-electron chi connectivity index (χ4n) is 3.23. The first-order chi connectivity index (χ1) is 9.69. The van der Waals surface area contributed by atoms with Crippen LogP contribution >= 0.6 is 0 Å². The van der Waals surface area contributed by atoms with E-state index in [9.17, 15) is 8.78 Å². The molecule has 104 valence electrons. The van der Waals surface area contributed by atoms with E-state index in [0.29, 0.717) is 17.9 Å². The highest BCUT2D eigenvalue weighted by atomic mass is 19.1. The summed E-state index contributed by atoms with van der Waals surface area (Å²) in [5.74, 6) is -0.667. The second-order valence-electron chi connectivity index (χ2n) is 5.37. The minimum atomic E-state index is -0.522. The Morgan fingerprint density at radius 3 is 2.70 bits per heavy atom. The Hall–Kier alpha value is -1.74. The topological polar surface area (TPSA) is 12.0 Å². The number of benzene rings is 2. The van der Waals surface area contributed by atoms with Gasteiger partial charge in [0.1, 0.15) is 11.6 Å². The van der Waals surface area contributed by atoms with Gasteiger partial charge in [0.15, 0.2) is 0 Å². The molecule has 0 saturated carbocycles. The van der Waals surface area contributed by atoms with E-state index in [1.54, 1.807) is 6.07 Å². The van der Waals surface area contributed by atoms with Gasteiger partial charge in [-0.1, -0.05) is 30.3 Å². The lowest BCUT2D eigenvalue weighted by atomic mass is 9.92. The molecule has 0 aliphatic heterocycles. The van der Waals surface area contributed by atoms with Gasteiger partial charge >= 0.3 is 0 Å². The first-order valence-corrected chi connectivity index (χ1v) is 6.88. The SMILES string of the molecule is CNC1c2ccccc2CC1Cc1ccc(F)cc1F. The predicted octanol–water partition coefficient (Wildman–Crippen LogP) is 3.64. The van der Waals surface area contributed by atoms with Crippen molar-refractivity contribution in [3.63, 3.8) is 0 Å². The molecule has 2 unspecified atom stereocenters. The van der Waals surface area contributed by atoms with Gasteiger partial charge < -0.3 is 5.32 Å². The lowest BCUT2D eigenvalue weighted by molar-refractivity contribution is 0.403. The number of rotatable bonds is 3. The highest BCUT2D eigenvalue weighted by Crippen LogP contribution is 2.37. The average molecular weight is 273 g/mol. The zero-order chi connectivity index (χ0) is 14.1. The highest BCUT2D eigenvalue weighted by Gasteiger charge is 2.31. The van der Waals surface area contributed by atoms with Crippen molar-refractivity contribution < 1.29 is 8.78 Å². The largest absolute Gasteiger partial charge is 0.313 e. The van der Waals surface area contributed by atoms with Crippen LogP contribution in [-0.2, 0) is 12.8 Å². The van der Waals surface area contributed by atoms with Crippen molar-refractivity contribution in [1.29, 1.82) is 0 Å². The summed E-state index contributed by atoms with van der Waals surface area (Å²) in [7, 11) is 1.93. The molecule has 1 aliphatic rings. The first-order valence-electron chi connectivity index (χ1n) is 6.88. The van der Waals surface area contributed by atoms with Crippen molar-refractivity contribution in [2.45, 2.75) is 18.9 Å². The van der Waals surface area contributed by atoms with Crippen molar-refractivity contribution in [1.82, 2.24) is 5.32 Å². The summed E-state index contributed by atoms with van der Waals surface area (Å²) in [5.41, 5.74) is 3.20. The summed E-state index contributed by atoms with van der Waals surface area (Å²) in [6.07, 6.45) is 1.55. The summed E-state index contributed by atoms with van der Waals surface area (Å²) in [6, 6.07) is 12.4. The maximum absolute atomic E-state index is 13.8. The Bertz CT molecular complexity index is 624. The normalized spacial score (nSPS) is 20.9. The van der Waals surface area contributed by atoms with E-state index < -0.39 is 11.6 Å². The van der Waals surface area contributed by atoms with Crippen LogP contribution < -0.4 is 5.32 Å². The van der Waals surface area contributed by atoms with E-state index in [2.05, 4.69) is 17.4 Å². The maximum Gasteiger partial charge on any atom is 0.129 e. The fourth-order valence-corrected chi connectivity index (χ4v) is 3.23. The number of hydrogen-bond donors (Lipinski definition) is 1. The van der Waals surface area contributed by atoms with Crippen molar-refractivity contribution in [3.05, 3.63) is 70.8 Å². The molecule has 3 rings (SSSR count). The molecule has 0 saturated heterocycles. The Labute approximate surface area is 117 Å². The Morgan fingerprint density at radius 1 is 1.15 bits per heavy atom. The molecule has 2 atom stereocenters. The van der Waals surface area contributed by atoms with Gasteiger partial charge in [0.2, 0.25) is 0 Å². The van der Waals surface area contributed by atoms with Gasteiger partial charge in [-0.15, -0.1) is 0 Å². The molecule has 0 spiro atoms. The van der Waals surface area contributed by atoms with E-state index in [1.165, 1.54) is 17.2 Å². The molecule has 2 aromatic carbocycles. The van der Waals surface area contributed by atoms with Crippen LogP contribution in [0.2, 0.25) is 0 Å². The predicted molar refractivity (Wildman–Crippen MR) is 75.5 cm³/mol. The second-order valence-corrected chi connectivity index (χ2v) is 5.37. The molecular weight excluding hydrogens is 256 g/mol. The zero-order valence-electron chi connectivity index (χ0n) is 11.4. The summed E-state index contributed by atoms with van der Waals surface area (Å²) in [4.78, 5) is 0. The third kappa shape index (κ3) is 2.34. The monoisotopic (exact) mass is 273 g/mol. The average Bonchev–Trinajstić information content (AvgIpc) is 2.79. The lowest BCUT2D eigenvalue weighted by Crippen LogP contribution is -2.23. The molecule has 0 bridgehead atoms. The van der Waals surface area contributed by atoms with E-state index in [1.807, 2.05) is 19.2 Å². The van der Waals surface area contributed by atoms with Crippen LogP contribution in [0.4, 0.5) is 8.78 Å². The zero-order valence-corrected chi connectivity index (χ0v) is 11.4. The minimum absolute atomic E-state index is 0.232. The molecule has 0 radical (unpaired) electrons. The summed E-state index contributed by atoms with van der Waals surface area (Å²) >= 11 is 0. The van der Waals surface area contributed by atoms with Gasteiger partial charge in [-0.3, -0.25) is 0 Å². The van der Waals surface area contributed by atoms with Crippen LogP contribution in [0.1, 0.15) is 22.7 Å². The van der Waals surface area contributed by atoms with Gasteiger partial charge in [-0.25, -0.2) is 8.78 Å². The molecule has 0 heterocycles. The number of hydrogen-bond acceptors (Lipinski definition) is 1. The molecule has 0 amide bonds. The maximum atomic E-state index is 13.8. The van der Waals surface area contributed by atoms with Crippen LogP contribution in [0, 0.1) is 17.6 Å². The van der Waals surface area contributed by atoms with Gasteiger partial charge in [0, 0.05) is 12.1 Å². The highest BCUT2D eigenvalue weighted by molar-refractivity contribution is 5.36. The van der Waals surface area contributed by atoms with Crippen LogP contribution in [0.5, 0.6) is 0 Å². The summed E-state index contributed by atoms with van der Waals surface area (Å²) < 4.78 is 26.8. The Kier molecular flexibility index (Phi) is 3.53. The molecule has 1 N–H and O–H groups in total. The second kappa shape index (κ2) is 5.33. The van der Waals surface area contributed by atoms with Crippen molar-refractivity contribution in [2.75, 3.05) is 7.05 Å². The van der Waals surface area contributed by atoms with Crippen LogP contribution in [0.3, 0.4) is 0 Å². The third-order valence-corrected chi connectivity index (χ3v) is 4.15. The minimum Gasteiger partial charge on any atom is -0.313 e. The van der Waals surface area contributed by atoms with Gasteiger partial charge in [0.05, 0.1) is 0 Å². The summed E-state index contributed by atoms with van der Waals surface area (Å²) in [6.45, 7) is 0. The quantitative estimate of drug-likeness (QED) is 0.900. The van der Waals surface area contributed by atoms with Gasteiger partial charge in [-0.05, 0) is 48.6 Å². The van der Waals surface area contributed by atoms with Crippen LogP contribution in [-0.4, -0.2) is 7.05 Å². The first kappa shape index (κ1) is 13.3. The van der Waals surface area contributed by atoms with Crippen molar-refractivity contribution >= 4 is 0 Å². The molecule has 0 aromatic heterocycles. The smallest absolute Gasteiger partial charge is 0.129 e. The fraction of sp³-hybridized carbons (Fsp3) is 0.294. The summed E-state index contributed by atoms with van der Waals surface area (Å²) in [5, 5.41) is 3.32. The van der Waals surface area contributed by atoms with Crippen molar-refractivity contribution in [3.8, 4) is 0 Å². The molecular formula is C17H17F2N. The number of halogens is 2. The van der Waals surface area contributed by atoms with E-state index in [-0.39, 0.29) is 6.04 Å². The molecule has 20 heavy (non-hydrogen) atoms. The molecule has 1 aliphatic carbocycles. The van der Waals surface area contributed by atoms with Crippen molar-refractivity contribution in [2.24, 2.45) is 5.92 Å². The van der Waals surface area contributed by atoms with E-state index in [0.717, 1.165) is 12.5 Å². The Morgan fingerprint density at radius 2 is 1.95 bits per heavy atom. The Balaban J connectivity index is 1.85. The van der Waals surface area contributed by atoms with Crippen LogP contribution in [0.25, 0.3) is 0 Å². The molecule has 1 nitrogen and oxygen atoms in total. The third-order valence-electron chi connectivity index (χ3n) is 4.15. The standard InChI is InChI=1S/C17H17F2N/c1-20-17-13(8-11-4-2-3-5-15(11)17)9-12-6-7-14(18)10-16(12)19/h2-7,10,13,17,20H,8-9H2,1H3. The molecule has 0 fully saturated rings. The van der Waals surface area contributed by atoms with E-state index in [4.69, 9.17) is 0 Å².